The fourth-order valence-corrected chi connectivity index (χ4v) is 6.24. The summed E-state index contributed by atoms with van der Waals surface area (Å²) in [6.45, 7) is 6.70. The molecule has 0 bridgehead atoms. The number of carbonyl (C=O) groups excluding carboxylic acids is 3. The van der Waals surface area contributed by atoms with Crippen molar-refractivity contribution in [2.24, 2.45) is 0 Å². The summed E-state index contributed by atoms with van der Waals surface area (Å²) in [7, 11) is 0. The van der Waals surface area contributed by atoms with Crippen LogP contribution in [0.3, 0.4) is 0 Å². The zero-order valence-electron chi connectivity index (χ0n) is 41.3. The molecule has 2 radical (unpaired) electrons. The fraction of sp³-hybridized carbons (Fsp3) is 0.722. The maximum atomic E-state index is 10.2. The average molecular weight is 1050 g/mol. The van der Waals surface area contributed by atoms with Gasteiger partial charge in [-0.15, -0.1) is 0 Å². The van der Waals surface area contributed by atoms with Gasteiger partial charge < -0.3 is 66.9 Å². The minimum atomic E-state index is -0.921. The molecule has 0 saturated heterocycles. The molecule has 0 rings (SSSR count). The molecule has 0 fully saturated rings. The molecule has 0 aromatic heterocycles. The zero-order valence-corrected chi connectivity index (χ0v) is 46.1. The molecule has 0 aromatic carbocycles. The van der Waals surface area contributed by atoms with Crippen LogP contribution < -0.4 is 52.5 Å². The van der Waals surface area contributed by atoms with E-state index in [1.165, 1.54) is 116 Å². The minimum absolute atomic E-state index is 0. The number of halogens is 3. The van der Waals surface area contributed by atoms with Gasteiger partial charge in [-0.05, 0) is 135 Å². The molecule has 0 spiro atoms. The molecule has 0 aliphatic heterocycles. The first-order valence-corrected chi connectivity index (χ1v) is 24.8. The molecule has 0 unspecified atom stereocenters. The van der Waals surface area contributed by atoms with Crippen molar-refractivity contribution in [3.8, 4) is 0 Å². The maximum Gasteiger partial charge on any atom is 3.00 e. The molecule has 0 amide bonds. The third kappa shape index (κ3) is 93.6. The van der Waals surface area contributed by atoms with Gasteiger partial charge in [0, 0.05) is 17.9 Å². The largest absolute Gasteiger partial charge is 3.00 e. The number of carboxylic acid groups (broad SMARTS) is 3. The van der Waals surface area contributed by atoms with Gasteiger partial charge in [-0.3, -0.25) is 0 Å². The topological polar surface area (TPSA) is 120 Å². The van der Waals surface area contributed by atoms with Crippen molar-refractivity contribution in [2.75, 3.05) is 0 Å². The van der Waals surface area contributed by atoms with Crippen LogP contribution in [0.4, 0.5) is 0 Å². The van der Waals surface area contributed by atoms with Crippen LogP contribution in [0.1, 0.15) is 252 Å². The van der Waals surface area contributed by atoms with Crippen molar-refractivity contribution in [3.05, 3.63) is 72.9 Å². The van der Waals surface area contributed by atoms with E-state index in [2.05, 4.69) is 93.7 Å². The van der Waals surface area contributed by atoms with E-state index in [0.29, 0.717) is 0 Å². The van der Waals surface area contributed by atoms with E-state index in [4.69, 9.17) is 0 Å². The van der Waals surface area contributed by atoms with Gasteiger partial charge in [0.2, 0.25) is 0 Å². The average Bonchev–Trinajstić information content (AvgIpc) is 3.22. The first kappa shape index (κ1) is 80.8. The summed E-state index contributed by atoms with van der Waals surface area (Å²) in [6.07, 6.45) is 65.8. The van der Waals surface area contributed by atoms with Gasteiger partial charge in [0.15, 0.2) is 0 Å². The summed E-state index contributed by atoms with van der Waals surface area (Å²) in [6, 6.07) is 0. The second kappa shape index (κ2) is 77.0. The van der Waals surface area contributed by atoms with Crippen LogP contribution in [-0.2, 0) is 49.1 Å². The van der Waals surface area contributed by atoms with Gasteiger partial charge in [-0.1, -0.05) is 190 Å². The van der Waals surface area contributed by atoms with E-state index >= 15 is 0 Å². The van der Waals surface area contributed by atoms with Gasteiger partial charge in [-0.25, -0.2) is 0 Å². The third-order valence-electron chi connectivity index (χ3n) is 9.99. The second-order valence-corrected chi connectivity index (χ2v) is 16.1. The SMILES string of the molecule is CCCCC/C=C\C/C=C\CCCCCCCC(=O)[O-].CCCCC/C=C\C/C=C\CCCCCCCC(=O)[O-].CCCCC/C=C\C/C=C\CCCCCCCC(=O)[O-].[Cl-].[Cl-].[Cl-].[Cr+3].[Cr+3]. The van der Waals surface area contributed by atoms with Crippen LogP contribution in [0.5, 0.6) is 0 Å². The Labute approximate surface area is 441 Å². The maximum absolute atomic E-state index is 10.2. The first-order chi connectivity index (χ1) is 29.3. The monoisotopic (exact) mass is 1050 g/mol. The third-order valence-corrected chi connectivity index (χ3v) is 9.99. The predicted octanol–water partition coefficient (Wildman–Crippen LogP) is 4.66. The summed E-state index contributed by atoms with van der Waals surface area (Å²) < 4.78 is 0. The van der Waals surface area contributed by atoms with Gasteiger partial charge in [-0.2, -0.15) is 0 Å². The van der Waals surface area contributed by atoms with Gasteiger partial charge in [0.1, 0.15) is 0 Å². The van der Waals surface area contributed by atoms with E-state index < -0.39 is 17.9 Å². The molecule has 0 heterocycles. The first-order valence-electron chi connectivity index (χ1n) is 24.8. The van der Waals surface area contributed by atoms with Crippen LogP contribution in [0, 0.1) is 0 Å². The summed E-state index contributed by atoms with van der Waals surface area (Å²) in [4.78, 5) is 30.6. The Morgan fingerprint density at radius 2 is 0.446 bits per heavy atom. The summed E-state index contributed by atoms with van der Waals surface area (Å²) in [5.41, 5.74) is 0. The van der Waals surface area contributed by atoms with Gasteiger partial charge in [0.25, 0.3) is 0 Å². The molecular weight excluding hydrogens is 955 g/mol. The standard InChI is InChI=1S/3C18H32O2.3ClH.2Cr/c3*1-2-3-4-5-6-7-8-9-10-11-12-13-14-15-16-17-18(19)20;;;;;/h3*6-7,9-10H,2-5,8,11-17H2,1H3,(H,19,20);3*1H;;/q;;;;;;2*+3/p-6/b3*7-6-,10-9-;;;;;. The predicted molar refractivity (Wildman–Crippen MR) is 253 cm³/mol. The smallest absolute Gasteiger partial charge is 1.00 e. The van der Waals surface area contributed by atoms with Gasteiger partial charge >= 0.3 is 34.7 Å². The van der Waals surface area contributed by atoms with Crippen molar-refractivity contribution >= 4 is 17.9 Å². The van der Waals surface area contributed by atoms with Crippen molar-refractivity contribution in [2.45, 2.75) is 252 Å². The minimum Gasteiger partial charge on any atom is -1.00 e. The zero-order chi connectivity index (χ0) is 44.7. The van der Waals surface area contributed by atoms with Crippen molar-refractivity contribution in [1.29, 1.82) is 0 Å². The summed E-state index contributed by atoms with van der Waals surface area (Å²) in [5, 5.41) is 30.6. The second-order valence-electron chi connectivity index (χ2n) is 16.1. The van der Waals surface area contributed by atoms with Crippen molar-refractivity contribution in [3.63, 3.8) is 0 Å². The van der Waals surface area contributed by atoms with Crippen molar-refractivity contribution in [1.82, 2.24) is 0 Å². The number of carbonyl (C=O) groups is 3. The Hall–Kier alpha value is -1.22. The molecule has 0 aliphatic carbocycles. The van der Waals surface area contributed by atoms with Crippen LogP contribution in [0.2, 0.25) is 0 Å². The van der Waals surface area contributed by atoms with Crippen LogP contribution in [0.25, 0.3) is 0 Å². The molecule has 0 saturated carbocycles. The number of carboxylic acids is 3. The van der Waals surface area contributed by atoms with Crippen LogP contribution in [-0.4, -0.2) is 17.9 Å². The Morgan fingerprint density at radius 1 is 0.277 bits per heavy atom. The van der Waals surface area contributed by atoms with E-state index in [1.807, 2.05) is 0 Å². The van der Waals surface area contributed by atoms with E-state index in [-0.39, 0.29) is 91.2 Å². The molecule has 11 heteroatoms. The summed E-state index contributed by atoms with van der Waals surface area (Å²) >= 11 is 0. The number of hydrogen-bond acceptors (Lipinski definition) is 6. The molecule has 0 atom stereocenters. The van der Waals surface area contributed by atoms with E-state index in [9.17, 15) is 29.7 Å². The number of rotatable bonds is 42. The Kier molecular flexibility index (Phi) is 95.7. The van der Waals surface area contributed by atoms with Crippen molar-refractivity contribution < 1.29 is 102 Å². The number of unbranched alkanes of at least 4 members (excludes halogenated alkanes) is 24. The van der Waals surface area contributed by atoms with E-state index in [0.717, 1.165) is 96.3 Å². The molecule has 378 valence electrons. The molecule has 6 nitrogen and oxygen atoms in total. The number of aliphatic carboxylic acids is 3. The van der Waals surface area contributed by atoms with E-state index in [1.54, 1.807) is 0 Å². The van der Waals surface area contributed by atoms with Crippen LogP contribution >= 0.6 is 0 Å². The van der Waals surface area contributed by atoms with Gasteiger partial charge in [0.05, 0.1) is 0 Å². The quantitative estimate of drug-likeness (QED) is 0.0649. The Bertz CT molecular complexity index is 963. The van der Waals surface area contributed by atoms with Crippen LogP contribution in [0.15, 0.2) is 72.9 Å². The fourth-order valence-electron chi connectivity index (χ4n) is 6.24. The molecular formula is C54H93Cl3Cr2O6. The molecule has 0 aromatic rings. The normalized spacial score (nSPS) is 10.8. The molecule has 0 N–H and O–H groups in total. The Morgan fingerprint density at radius 3 is 0.631 bits per heavy atom. The molecule has 65 heavy (non-hydrogen) atoms. The summed E-state index contributed by atoms with van der Waals surface area (Å²) in [5.74, 6) is -2.76. The Balaban J connectivity index is -0.000000120. The number of allylic oxidation sites excluding steroid dienone is 12. The number of hydrogen-bond donors (Lipinski definition) is 0. The molecule has 0 aliphatic rings.